The molecule has 0 saturated carbocycles. The minimum atomic E-state index is -0.374. The molecule has 3 N–H and O–H groups in total. The fraction of sp³-hybridized carbons (Fsp3) is 0.846. The number of hydrogen-bond donors (Lipinski definition) is 3. The van der Waals surface area contributed by atoms with Crippen molar-refractivity contribution in [3.05, 3.63) is 0 Å². The van der Waals surface area contributed by atoms with Gasteiger partial charge in [-0.15, -0.1) is 0 Å². The van der Waals surface area contributed by atoms with Crippen LogP contribution < -0.4 is 10.6 Å². The summed E-state index contributed by atoms with van der Waals surface area (Å²) in [5.74, 6) is -0.341. The van der Waals surface area contributed by atoms with E-state index in [-0.39, 0.29) is 29.9 Å². The van der Waals surface area contributed by atoms with Crippen LogP contribution in [0.4, 0.5) is 0 Å². The van der Waals surface area contributed by atoms with Crippen LogP contribution in [0.5, 0.6) is 0 Å². The smallest absolute Gasteiger partial charge is 0.239 e. The third-order valence-electron chi connectivity index (χ3n) is 2.41. The van der Waals surface area contributed by atoms with Crippen LogP contribution in [-0.2, 0) is 9.59 Å². The Hall–Kier alpha value is -1.10. The van der Waals surface area contributed by atoms with E-state index in [0.717, 1.165) is 0 Å². The average Bonchev–Trinajstić information content (AvgIpc) is 2.23. The van der Waals surface area contributed by atoms with Gasteiger partial charge in [0, 0.05) is 13.0 Å². The summed E-state index contributed by atoms with van der Waals surface area (Å²) >= 11 is 0. The first-order valence-electron chi connectivity index (χ1n) is 6.46. The molecule has 0 rings (SSSR count). The maximum Gasteiger partial charge on any atom is 0.239 e. The van der Waals surface area contributed by atoms with Crippen molar-refractivity contribution in [2.45, 2.75) is 53.1 Å². The van der Waals surface area contributed by atoms with Crippen molar-refractivity contribution < 1.29 is 14.7 Å². The van der Waals surface area contributed by atoms with Crippen LogP contribution in [0.1, 0.15) is 47.0 Å². The number of aliphatic hydroxyl groups is 1. The van der Waals surface area contributed by atoms with Gasteiger partial charge in [-0.3, -0.25) is 9.59 Å². The van der Waals surface area contributed by atoms with Crippen molar-refractivity contribution in [2.24, 2.45) is 5.41 Å². The number of amides is 2. The van der Waals surface area contributed by atoms with Crippen LogP contribution in [0.15, 0.2) is 0 Å². The van der Waals surface area contributed by atoms with Gasteiger partial charge >= 0.3 is 0 Å². The number of carbonyl (C=O) groups excluding carboxylic acids is 2. The van der Waals surface area contributed by atoms with E-state index in [9.17, 15) is 14.7 Å². The molecule has 0 aromatic carbocycles. The van der Waals surface area contributed by atoms with Crippen LogP contribution >= 0.6 is 0 Å². The molecule has 106 valence electrons. The lowest BCUT2D eigenvalue weighted by atomic mass is 9.92. The highest BCUT2D eigenvalue weighted by Crippen LogP contribution is 2.17. The van der Waals surface area contributed by atoms with E-state index in [0.29, 0.717) is 25.8 Å². The molecule has 5 heteroatoms. The Kier molecular flexibility index (Phi) is 7.59. The molecular formula is C13H26N2O3. The fourth-order valence-electron chi connectivity index (χ4n) is 1.37. The van der Waals surface area contributed by atoms with E-state index in [1.165, 1.54) is 0 Å². The number of nitrogens with one attached hydrogen (secondary N) is 2. The van der Waals surface area contributed by atoms with Crippen molar-refractivity contribution in [1.82, 2.24) is 10.6 Å². The van der Waals surface area contributed by atoms with E-state index >= 15 is 0 Å². The Bertz CT molecular complexity index is 272. The first-order valence-corrected chi connectivity index (χ1v) is 6.46. The summed E-state index contributed by atoms with van der Waals surface area (Å²) in [6, 6.07) is 0. The fourth-order valence-corrected chi connectivity index (χ4v) is 1.37. The predicted octanol–water partition coefficient (Wildman–Crippen LogP) is 0.816. The van der Waals surface area contributed by atoms with Gasteiger partial charge in [0.05, 0.1) is 12.6 Å². The molecule has 0 aromatic rings. The van der Waals surface area contributed by atoms with Gasteiger partial charge < -0.3 is 15.7 Å². The summed E-state index contributed by atoms with van der Waals surface area (Å²) < 4.78 is 0. The Labute approximate surface area is 109 Å². The number of carbonyl (C=O) groups is 2. The first-order chi connectivity index (χ1) is 8.24. The molecule has 0 aliphatic heterocycles. The second-order valence-corrected chi connectivity index (χ2v) is 5.71. The molecule has 0 saturated heterocycles. The van der Waals surface area contributed by atoms with Crippen LogP contribution in [0.3, 0.4) is 0 Å². The van der Waals surface area contributed by atoms with Crippen molar-refractivity contribution in [3.63, 3.8) is 0 Å². The zero-order chi connectivity index (χ0) is 14.2. The normalized spacial score (nSPS) is 12.9. The zero-order valence-electron chi connectivity index (χ0n) is 11.9. The standard InChI is InChI=1S/C13H26N2O3/c1-5-10(16)6-7-14-12(18)9-15-11(17)8-13(2,3)4/h10,16H,5-9H2,1-4H3,(H,14,18)(H,15,17). The van der Waals surface area contributed by atoms with E-state index in [2.05, 4.69) is 10.6 Å². The second kappa shape index (κ2) is 8.08. The van der Waals surface area contributed by atoms with Gasteiger partial charge in [-0.1, -0.05) is 27.7 Å². The van der Waals surface area contributed by atoms with Gasteiger partial charge in [-0.2, -0.15) is 0 Å². The SMILES string of the molecule is CCC(O)CCNC(=O)CNC(=O)CC(C)(C)C. The molecule has 0 spiro atoms. The summed E-state index contributed by atoms with van der Waals surface area (Å²) in [5, 5.41) is 14.5. The third-order valence-corrected chi connectivity index (χ3v) is 2.41. The summed E-state index contributed by atoms with van der Waals surface area (Å²) in [4.78, 5) is 22.8. The van der Waals surface area contributed by atoms with Gasteiger partial charge in [0.15, 0.2) is 0 Å². The number of aliphatic hydroxyl groups excluding tert-OH is 1. The van der Waals surface area contributed by atoms with Crippen molar-refractivity contribution in [1.29, 1.82) is 0 Å². The van der Waals surface area contributed by atoms with Gasteiger partial charge in [-0.05, 0) is 18.3 Å². The molecule has 1 atom stereocenters. The minimum Gasteiger partial charge on any atom is -0.393 e. The maximum atomic E-state index is 11.5. The summed E-state index contributed by atoms with van der Waals surface area (Å²) in [6.07, 6.45) is 1.24. The lowest BCUT2D eigenvalue weighted by molar-refractivity contribution is -0.127. The third kappa shape index (κ3) is 10.1. The highest BCUT2D eigenvalue weighted by molar-refractivity contribution is 5.84. The lowest BCUT2D eigenvalue weighted by Crippen LogP contribution is -2.38. The Morgan fingerprint density at radius 2 is 1.78 bits per heavy atom. The Morgan fingerprint density at radius 3 is 2.28 bits per heavy atom. The second-order valence-electron chi connectivity index (χ2n) is 5.71. The molecule has 0 fully saturated rings. The predicted molar refractivity (Wildman–Crippen MR) is 71.0 cm³/mol. The molecule has 0 aliphatic rings. The van der Waals surface area contributed by atoms with E-state index in [4.69, 9.17) is 0 Å². The van der Waals surface area contributed by atoms with Crippen molar-refractivity contribution >= 4 is 11.8 Å². The Balaban J connectivity index is 3.68. The van der Waals surface area contributed by atoms with Crippen LogP contribution in [0.25, 0.3) is 0 Å². The summed E-state index contributed by atoms with van der Waals surface area (Å²) in [5.41, 5.74) is -0.0776. The van der Waals surface area contributed by atoms with Crippen LogP contribution in [0, 0.1) is 5.41 Å². The van der Waals surface area contributed by atoms with Gasteiger partial charge in [0.25, 0.3) is 0 Å². The topological polar surface area (TPSA) is 78.4 Å². The molecule has 18 heavy (non-hydrogen) atoms. The average molecular weight is 258 g/mol. The monoisotopic (exact) mass is 258 g/mol. The molecule has 5 nitrogen and oxygen atoms in total. The molecule has 0 aliphatic carbocycles. The zero-order valence-corrected chi connectivity index (χ0v) is 11.9. The van der Waals surface area contributed by atoms with E-state index in [1.54, 1.807) is 0 Å². The molecular weight excluding hydrogens is 232 g/mol. The molecule has 0 bridgehead atoms. The van der Waals surface area contributed by atoms with E-state index in [1.807, 2.05) is 27.7 Å². The van der Waals surface area contributed by atoms with Crippen LogP contribution in [0.2, 0.25) is 0 Å². The number of rotatable bonds is 7. The molecule has 0 radical (unpaired) electrons. The minimum absolute atomic E-state index is 0.00284. The Morgan fingerprint density at radius 1 is 1.17 bits per heavy atom. The highest BCUT2D eigenvalue weighted by atomic mass is 16.3. The van der Waals surface area contributed by atoms with Crippen molar-refractivity contribution in [2.75, 3.05) is 13.1 Å². The molecule has 2 amide bonds. The molecule has 0 aromatic heterocycles. The van der Waals surface area contributed by atoms with Gasteiger partial charge in [-0.25, -0.2) is 0 Å². The quantitative estimate of drug-likeness (QED) is 0.632. The van der Waals surface area contributed by atoms with Gasteiger partial charge in [0.2, 0.25) is 11.8 Å². The highest BCUT2D eigenvalue weighted by Gasteiger charge is 2.16. The van der Waals surface area contributed by atoms with E-state index < -0.39 is 0 Å². The lowest BCUT2D eigenvalue weighted by Gasteiger charge is -2.17. The van der Waals surface area contributed by atoms with Crippen LogP contribution in [-0.4, -0.2) is 36.1 Å². The van der Waals surface area contributed by atoms with Crippen molar-refractivity contribution in [3.8, 4) is 0 Å². The number of hydrogen-bond acceptors (Lipinski definition) is 3. The molecule has 1 unspecified atom stereocenters. The summed E-state index contributed by atoms with van der Waals surface area (Å²) in [7, 11) is 0. The first kappa shape index (κ1) is 16.9. The largest absolute Gasteiger partial charge is 0.393 e. The maximum absolute atomic E-state index is 11.5. The van der Waals surface area contributed by atoms with Gasteiger partial charge in [0.1, 0.15) is 0 Å². The molecule has 0 heterocycles. The summed E-state index contributed by atoms with van der Waals surface area (Å²) in [6.45, 7) is 8.23.